The maximum atomic E-state index is 12.9. The number of benzene rings is 2. The standard InChI is InChI=1S/C15H13FN4/c16-14-9-6-12(7-10-14)5-8-13-3-1-2-4-15(13)20-11-17-18-19-20/h1-4,6-7,9-11H,5,8H2. The Hall–Kier alpha value is -2.56. The molecule has 0 amide bonds. The SMILES string of the molecule is Fc1ccc(CCc2ccccc2-n2cnnn2)cc1. The second-order valence-electron chi connectivity index (χ2n) is 4.51. The van der Waals surface area contributed by atoms with Crippen LogP contribution in [0.3, 0.4) is 0 Å². The minimum absolute atomic E-state index is 0.206. The molecule has 0 spiro atoms. The number of rotatable bonds is 4. The minimum atomic E-state index is -0.206. The van der Waals surface area contributed by atoms with Crippen LogP contribution < -0.4 is 0 Å². The van der Waals surface area contributed by atoms with Crippen molar-refractivity contribution >= 4 is 0 Å². The molecule has 0 radical (unpaired) electrons. The van der Waals surface area contributed by atoms with E-state index < -0.39 is 0 Å². The maximum absolute atomic E-state index is 12.9. The van der Waals surface area contributed by atoms with Gasteiger partial charge in [-0.25, -0.2) is 9.07 Å². The topological polar surface area (TPSA) is 43.6 Å². The molecule has 0 saturated carbocycles. The molecule has 0 bridgehead atoms. The average molecular weight is 268 g/mol. The highest BCUT2D eigenvalue weighted by molar-refractivity contribution is 5.40. The molecule has 0 fully saturated rings. The molecule has 0 aliphatic rings. The van der Waals surface area contributed by atoms with Crippen LogP contribution in [0.1, 0.15) is 11.1 Å². The fourth-order valence-corrected chi connectivity index (χ4v) is 2.15. The highest BCUT2D eigenvalue weighted by atomic mass is 19.1. The van der Waals surface area contributed by atoms with Gasteiger partial charge >= 0.3 is 0 Å². The molecule has 2 aromatic carbocycles. The molecule has 0 atom stereocenters. The van der Waals surface area contributed by atoms with E-state index in [2.05, 4.69) is 21.6 Å². The van der Waals surface area contributed by atoms with Gasteiger partial charge in [-0.2, -0.15) is 0 Å². The Morgan fingerprint density at radius 1 is 0.950 bits per heavy atom. The number of para-hydroxylation sites is 1. The van der Waals surface area contributed by atoms with E-state index in [4.69, 9.17) is 0 Å². The van der Waals surface area contributed by atoms with Crippen molar-refractivity contribution in [3.63, 3.8) is 0 Å². The van der Waals surface area contributed by atoms with Crippen molar-refractivity contribution < 1.29 is 4.39 Å². The number of hydrogen-bond donors (Lipinski definition) is 0. The Kier molecular flexibility index (Phi) is 3.50. The molecule has 4 nitrogen and oxygen atoms in total. The lowest BCUT2D eigenvalue weighted by Gasteiger charge is -2.08. The molecule has 1 heterocycles. The number of halogens is 1. The fourth-order valence-electron chi connectivity index (χ4n) is 2.15. The first-order chi connectivity index (χ1) is 9.83. The molecule has 20 heavy (non-hydrogen) atoms. The zero-order chi connectivity index (χ0) is 13.8. The molecular weight excluding hydrogens is 255 g/mol. The van der Waals surface area contributed by atoms with Crippen LogP contribution in [0.15, 0.2) is 54.9 Å². The lowest BCUT2D eigenvalue weighted by molar-refractivity contribution is 0.627. The van der Waals surface area contributed by atoms with Crippen molar-refractivity contribution in [2.45, 2.75) is 12.8 Å². The van der Waals surface area contributed by atoms with Gasteiger partial charge in [-0.3, -0.25) is 0 Å². The van der Waals surface area contributed by atoms with Crippen LogP contribution >= 0.6 is 0 Å². The maximum Gasteiger partial charge on any atom is 0.143 e. The quantitative estimate of drug-likeness (QED) is 0.730. The van der Waals surface area contributed by atoms with Crippen molar-refractivity contribution in [1.29, 1.82) is 0 Å². The number of nitrogens with zero attached hydrogens (tertiary/aromatic N) is 4. The van der Waals surface area contributed by atoms with E-state index in [9.17, 15) is 4.39 Å². The van der Waals surface area contributed by atoms with E-state index in [1.54, 1.807) is 11.0 Å². The largest absolute Gasteiger partial charge is 0.207 e. The van der Waals surface area contributed by atoms with Gasteiger partial charge in [0.2, 0.25) is 0 Å². The van der Waals surface area contributed by atoms with E-state index in [1.807, 2.05) is 30.3 Å². The second kappa shape index (κ2) is 5.61. The van der Waals surface area contributed by atoms with Crippen LogP contribution in [0.2, 0.25) is 0 Å². The number of aromatic nitrogens is 4. The van der Waals surface area contributed by atoms with Gasteiger partial charge in [-0.1, -0.05) is 30.3 Å². The normalized spacial score (nSPS) is 10.7. The van der Waals surface area contributed by atoms with Crippen LogP contribution in [0.4, 0.5) is 4.39 Å². The first-order valence-electron chi connectivity index (χ1n) is 6.38. The summed E-state index contributed by atoms with van der Waals surface area (Å²) in [7, 11) is 0. The van der Waals surface area contributed by atoms with E-state index in [0.29, 0.717) is 0 Å². The van der Waals surface area contributed by atoms with Crippen LogP contribution in [0, 0.1) is 5.82 Å². The monoisotopic (exact) mass is 268 g/mol. The van der Waals surface area contributed by atoms with Crippen molar-refractivity contribution in [3.8, 4) is 5.69 Å². The van der Waals surface area contributed by atoms with Crippen molar-refractivity contribution in [3.05, 3.63) is 71.8 Å². The molecule has 1 aromatic heterocycles. The van der Waals surface area contributed by atoms with Gasteiger partial charge in [0, 0.05) is 0 Å². The smallest absolute Gasteiger partial charge is 0.143 e. The molecule has 3 aromatic rings. The summed E-state index contributed by atoms with van der Waals surface area (Å²) in [4.78, 5) is 0. The van der Waals surface area contributed by atoms with Crippen LogP contribution in [0.25, 0.3) is 5.69 Å². The Morgan fingerprint density at radius 3 is 2.50 bits per heavy atom. The highest BCUT2D eigenvalue weighted by Crippen LogP contribution is 2.15. The first-order valence-corrected chi connectivity index (χ1v) is 6.38. The number of aryl methyl sites for hydroxylation is 2. The lowest BCUT2D eigenvalue weighted by Crippen LogP contribution is -2.02. The third-order valence-electron chi connectivity index (χ3n) is 3.18. The lowest BCUT2D eigenvalue weighted by atomic mass is 10.0. The summed E-state index contributed by atoms with van der Waals surface area (Å²) in [5.41, 5.74) is 3.24. The predicted molar refractivity (Wildman–Crippen MR) is 73.0 cm³/mol. The summed E-state index contributed by atoms with van der Waals surface area (Å²) in [6.07, 6.45) is 3.28. The summed E-state index contributed by atoms with van der Waals surface area (Å²) in [6.45, 7) is 0. The molecular formula is C15H13FN4. The van der Waals surface area contributed by atoms with Gasteiger partial charge in [0.15, 0.2) is 0 Å². The Balaban J connectivity index is 1.79. The summed E-state index contributed by atoms with van der Waals surface area (Å²) < 4.78 is 14.5. The van der Waals surface area contributed by atoms with Crippen LogP contribution in [-0.4, -0.2) is 20.2 Å². The molecule has 0 aliphatic heterocycles. The molecule has 0 aliphatic carbocycles. The van der Waals surface area contributed by atoms with E-state index >= 15 is 0 Å². The van der Waals surface area contributed by atoms with Gasteiger partial charge < -0.3 is 0 Å². The van der Waals surface area contributed by atoms with E-state index in [0.717, 1.165) is 29.7 Å². The summed E-state index contributed by atoms with van der Waals surface area (Å²) in [5, 5.41) is 11.2. The second-order valence-corrected chi connectivity index (χ2v) is 4.51. The van der Waals surface area contributed by atoms with Gasteiger partial charge in [0.1, 0.15) is 12.1 Å². The molecule has 5 heteroatoms. The van der Waals surface area contributed by atoms with Crippen LogP contribution in [-0.2, 0) is 12.8 Å². The molecule has 0 N–H and O–H groups in total. The third-order valence-corrected chi connectivity index (χ3v) is 3.18. The van der Waals surface area contributed by atoms with Crippen molar-refractivity contribution in [2.75, 3.05) is 0 Å². The van der Waals surface area contributed by atoms with Gasteiger partial charge in [-0.15, -0.1) is 5.10 Å². The minimum Gasteiger partial charge on any atom is -0.207 e. The van der Waals surface area contributed by atoms with Gasteiger partial charge in [0.05, 0.1) is 5.69 Å². The summed E-state index contributed by atoms with van der Waals surface area (Å²) in [6, 6.07) is 14.6. The van der Waals surface area contributed by atoms with Gasteiger partial charge in [0.25, 0.3) is 0 Å². The molecule has 0 saturated heterocycles. The molecule has 100 valence electrons. The summed E-state index contributed by atoms with van der Waals surface area (Å²) >= 11 is 0. The number of hydrogen-bond acceptors (Lipinski definition) is 3. The van der Waals surface area contributed by atoms with Crippen molar-refractivity contribution in [2.24, 2.45) is 0 Å². The zero-order valence-electron chi connectivity index (χ0n) is 10.8. The Bertz CT molecular complexity index is 677. The molecule has 3 rings (SSSR count). The average Bonchev–Trinajstić information content (AvgIpc) is 3.01. The molecule has 0 unspecified atom stereocenters. The number of tetrazole rings is 1. The summed E-state index contributed by atoms with van der Waals surface area (Å²) in [5.74, 6) is -0.206. The van der Waals surface area contributed by atoms with Crippen molar-refractivity contribution in [1.82, 2.24) is 20.2 Å². The van der Waals surface area contributed by atoms with E-state index in [1.165, 1.54) is 12.1 Å². The Morgan fingerprint density at radius 2 is 1.75 bits per heavy atom. The fraction of sp³-hybridized carbons (Fsp3) is 0.133. The Labute approximate surface area is 115 Å². The van der Waals surface area contributed by atoms with Crippen LogP contribution in [0.5, 0.6) is 0 Å². The first kappa shape index (κ1) is 12.5. The van der Waals surface area contributed by atoms with E-state index in [-0.39, 0.29) is 5.82 Å². The van der Waals surface area contributed by atoms with Gasteiger partial charge in [-0.05, 0) is 52.6 Å². The predicted octanol–water partition coefficient (Wildman–Crippen LogP) is 2.59. The highest BCUT2D eigenvalue weighted by Gasteiger charge is 2.05. The zero-order valence-corrected chi connectivity index (χ0v) is 10.8. The third kappa shape index (κ3) is 2.71.